The molecule has 0 radical (unpaired) electrons. The van der Waals surface area contributed by atoms with Crippen molar-refractivity contribution in [1.82, 2.24) is 0 Å². The highest BCUT2D eigenvalue weighted by Crippen LogP contribution is 2.41. The van der Waals surface area contributed by atoms with Crippen LogP contribution in [0.25, 0.3) is 0 Å². The topological polar surface area (TPSA) is 18.5 Å². The van der Waals surface area contributed by atoms with Crippen molar-refractivity contribution < 1.29 is 18.1 Å². The largest absolute Gasteiger partial charge is 0.497 e. The van der Waals surface area contributed by atoms with E-state index < -0.39 is 18.3 Å². The molecule has 0 aromatic heterocycles. The average molecular weight is 242 g/mol. The summed E-state index contributed by atoms with van der Waals surface area (Å²) < 4.78 is 38.3. The minimum Gasteiger partial charge on any atom is -0.399 e. The fraction of sp³-hybridized carbons (Fsp3) is 0.667. The van der Waals surface area contributed by atoms with Crippen LogP contribution in [0.4, 0.5) is 8.78 Å². The Labute approximate surface area is 101 Å². The number of halogens is 2. The Morgan fingerprint density at radius 2 is 1.59 bits per heavy atom. The third-order valence-electron chi connectivity index (χ3n) is 3.72. The summed E-state index contributed by atoms with van der Waals surface area (Å²) >= 11 is 0. The van der Waals surface area contributed by atoms with E-state index >= 15 is 0 Å². The van der Waals surface area contributed by atoms with E-state index in [9.17, 15) is 8.78 Å². The first-order chi connectivity index (χ1) is 7.73. The Bertz CT molecular complexity index is 383. The van der Waals surface area contributed by atoms with Gasteiger partial charge in [-0.15, -0.1) is 0 Å². The molecule has 0 atom stereocenters. The molecule has 0 saturated carbocycles. The Morgan fingerprint density at radius 1 is 1.06 bits per heavy atom. The maximum atomic E-state index is 13.7. The molecular formula is C12H17BF2O2. The van der Waals surface area contributed by atoms with Crippen molar-refractivity contribution in [3.05, 3.63) is 23.2 Å². The Morgan fingerprint density at radius 3 is 2.12 bits per heavy atom. The zero-order valence-corrected chi connectivity index (χ0v) is 10.6. The highest BCUT2D eigenvalue weighted by atomic mass is 19.1. The lowest BCUT2D eigenvalue weighted by atomic mass is 9.75. The van der Waals surface area contributed by atoms with Crippen LogP contribution >= 0.6 is 0 Å². The maximum absolute atomic E-state index is 13.7. The molecule has 0 aromatic carbocycles. The first-order valence-electron chi connectivity index (χ1n) is 5.83. The van der Waals surface area contributed by atoms with Crippen LogP contribution in [0.15, 0.2) is 23.2 Å². The molecule has 2 nitrogen and oxygen atoms in total. The second-order valence-corrected chi connectivity index (χ2v) is 5.54. The molecular weight excluding hydrogens is 225 g/mol. The predicted molar refractivity (Wildman–Crippen MR) is 62.6 cm³/mol. The standard InChI is InChI=1S/C12H17BF2O2/c1-11(2)12(3,4)17-13(16-11)9-7-8(14)5-6-10(9)15/h7H,5-6H2,1-4H3. The summed E-state index contributed by atoms with van der Waals surface area (Å²) in [5, 5.41) is 0. The zero-order chi connectivity index (χ0) is 12.8. The minimum atomic E-state index is -0.814. The normalized spacial score (nSPS) is 27.4. The van der Waals surface area contributed by atoms with E-state index in [2.05, 4.69) is 0 Å². The van der Waals surface area contributed by atoms with Gasteiger partial charge < -0.3 is 9.31 Å². The van der Waals surface area contributed by atoms with Gasteiger partial charge in [0.2, 0.25) is 0 Å². The molecule has 1 fully saturated rings. The molecule has 0 bridgehead atoms. The van der Waals surface area contributed by atoms with Crippen molar-refractivity contribution in [1.29, 1.82) is 0 Å². The molecule has 1 saturated heterocycles. The van der Waals surface area contributed by atoms with Crippen LogP contribution in [0.5, 0.6) is 0 Å². The van der Waals surface area contributed by atoms with E-state index in [1.165, 1.54) is 6.08 Å². The smallest absolute Gasteiger partial charge is 0.399 e. The van der Waals surface area contributed by atoms with E-state index in [1.54, 1.807) is 0 Å². The second kappa shape index (κ2) is 3.92. The van der Waals surface area contributed by atoms with Gasteiger partial charge in [-0.25, -0.2) is 8.78 Å². The van der Waals surface area contributed by atoms with Crippen molar-refractivity contribution in [2.24, 2.45) is 0 Å². The van der Waals surface area contributed by atoms with Gasteiger partial charge in [0.25, 0.3) is 0 Å². The maximum Gasteiger partial charge on any atom is 0.497 e. The van der Waals surface area contributed by atoms with Crippen LogP contribution in [0, 0.1) is 0 Å². The van der Waals surface area contributed by atoms with Gasteiger partial charge in [-0.2, -0.15) is 0 Å². The second-order valence-electron chi connectivity index (χ2n) is 5.54. The Hall–Kier alpha value is -0.675. The monoisotopic (exact) mass is 242 g/mol. The van der Waals surface area contributed by atoms with Crippen molar-refractivity contribution in [3.63, 3.8) is 0 Å². The van der Waals surface area contributed by atoms with Gasteiger partial charge in [-0.1, -0.05) is 0 Å². The zero-order valence-electron chi connectivity index (χ0n) is 10.6. The third-order valence-corrected chi connectivity index (χ3v) is 3.72. The number of allylic oxidation sites excluding steroid dienone is 4. The molecule has 0 amide bonds. The van der Waals surface area contributed by atoms with Crippen LogP contribution in [-0.4, -0.2) is 18.3 Å². The van der Waals surface area contributed by atoms with Gasteiger partial charge in [-0.05, 0) is 33.8 Å². The van der Waals surface area contributed by atoms with Gasteiger partial charge in [-0.3, -0.25) is 0 Å². The van der Waals surface area contributed by atoms with Crippen LogP contribution in [0.2, 0.25) is 0 Å². The Kier molecular flexibility index (Phi) is 2.95. The summed E-state index contributed by atoms with van der Waals surface area (Å²) in [6.07, 6.45) is 1.40. The van der Waals surface area contributed by atoms with Gasteiger partial charge >= 0.3 is 7.12 Å². The van der Waals surface area contributed by atoms with E-state index in [1.807, 2.05) is 27.7 Å². The SMILES string of the molecule is CC1(C)OB(C2=C(F)CCC(F)=C2)OC1(C)C. The lowest BCUT2D eigenvalue weighted by Gasteiger charge is -2.32. The summed E-state index contributed by atoms with van der Waals surface area (Å²) in [5.41, 5.74) is -0.883. The molecule has 94 valence electrons. The van der Waals surface area contributed by atoms with Crippen molar-refractivity contribution >= 4 is 7.12 Å². The Balaban J connectivity index is 2.27. The van der Waals surface area contributed by atoms with Crippen LogP contribution in [0.1, 0.15) is 40.5 Å². The first-order valence-corrected chi connectivity index (χ1v) is 5.83. The van der Waals surface area contributed by atoms with Gasteiger partial charge in [0.05, 0.1) is 11.2 Å². The summed E-state index contributed by atoms with van der Waals surface area (Å²) in [6.45, 7) is 7.53. The van der Waals surface area contributed by atoms with Gasteiger partial charge in [0.1, 0.15) is 11.7 Å². The first kappa shape index (κ1) is 12.8. The highest BCUT2D eigenvalue weighted by Gasteiger charge is 2.53. The van der Waals surface area contributed by atoms with Crippen LogP contribution in [-0.2, 0) is 9.31 Å². The molecule has 1 heterocycles. The number of hydrogen-bond acceptors (Lipinski definition) is 2. The van der Waals surface area contributed by atoms with E-state index in [4.69, 9.17) is 9.31 Å². The molecule has 1 aliphatic carbocycles. The van der Waals surface area contributed by atoms with E-state index in [0.29, 0.717) is 0 Å². The summed E-state index contributed by atoms with van der Waals surface area (Å²) in [6, 6.07) is 0. The van der Waals surface area contributed by atoms with E-state index in [-0.39, 0.29) is 30.0 Å². The lowest BCUT2D eigenvalue weighted by Crippen LogP contribution is -2.41. The van der Waals surface area contributed by atoms with E-state index in [0.717, 1.165) is 0 Å². The molecule has 5 heteroatoms. The van der Waals surface area contributed by atoms with Crippen molar-refractivity contribution in [3.8, 4) is 0 Å². The average Bonchev–Trinajstić information content (AvgIpc) is 2.40. The lowest BCUT2D eigenvalue weighted by molar-refractivity contribution is 0.00578. The quantitative estimate of drug-likeness (QED) is 0.655. The van der Waals surface area contributed by atoms with Crippen LogP contribution < -0.4 is 0 Å². The molecule has 17 heavy (non-hydrogen) atoms. The molecule has 2 rings (SSSR count). The van der Waals surface area contributed by atoms with Crippen LogP contribution in [0.3, 0.4) is 0 Å². The summed E-state index contributed by atoms with van der Waals surface area (Å²) in [7, 11) is -0.814. The molecule has 1 aliphatic heterocycles. The number of hydrogen-bond donors (Lipinski definition) is 0. The predicted octanol–water partition coefficient (Wildman–Crippen LogP) is 3.49. The van der Waals surface area contributed by atoms with Gasteiger partial charge in [0, 0.05) is 18.3 Å². The van der Waals surface area contributed by atoms with Gasteiger partial charge in [0.15, 0.2) is 0 Å². The molecule has 2 aliphatic rings. The number of rotatable bonds is 1. The molecule has 0 N–H and O–H groups in total. The fourth-order valence-electron chi connectivity index (χ4n) is 1.86. The summed E-state index contributed by atoms with van der Waals surface area (Å²) in [5.74, 6) is -0.666. The molecule has 0 unspecified atom stereocenters. The summed E-state index contributed by atoms with van der Waals surface area (Å²) in [4.78, 5) is 0. The third kappa shape index (κ3) is 2.18. The highest BCUT2D eigenvalue weighted by molar-refractivity contribution is 6.55. The van der Waals surface area contributed by atoms with Crippen molar-refractivity contribution in [2.75, 3.05) is 0 Å². The fourth-order valence-corrected chi connectivity index (χ4v) is 1.86. The van der Waals surface area contributed by atoms with Crippen molar-refractivity contribution in [2.45, 2.75) is 51.7 Å². The molecule has 0 aromatic rings. The minimum absolute atomic E-state index is 0.0851. The molecule has 0 spiro atoms.